The Morgan fingerprint density at radius 1 is 1.58 bits per heavy atom. The van der Waals surface area contributed by atoms with Crippen LogP contribution in [-0.4, -0.2) is 49.8 Å². The first-order valence-corrected chi connectivity index (χ1v) is 6.38. The Balaban J connectivity index is 1.94. The van der Waals surface area contributed by atoms with E-state index < -0.39 is 5.60 Å². The molecule has 2 heterocycles. The highest BCUT2D eigenvalue weighted by atomic mass is 16.6. The van der Waals surface area contributed by atoms with Crippen LogP contribution in [0.1, 0.15) is 38.9 Å². The molecular weight excluding hydrogens is 248 g/mol. The summed E-state index contributed by atoms with van der Waals surface area (Å²) in [5.41, 5.74) is 0.0580. The summed E-state index contributed by atoms with van der Waals surface area (Å²) in [6, 6.07) is 0.0975. The molecule has 0 radical (unpaired) electrons. The maximum absolute atomic E-state index is 11.9. The second kappa shape index (κ2) is 5.16. The van der Waals surface area contributed by atoms with Crippen LogP contribution < -0.4 is 0 Å². The highest BCUT2D eigenvalue weighted by Gasteiger charge is 2.31. The quantitative estimate of drug-likeness (QED) is 0.863. The number of aliphatic hydroxyl groups excluding tert-OH is 1. The van der Waals surface area contributed by atoms with Crippen molar-refractivity contribution in [3.63, 3.8) is 0 Å². The van der Waals surface area contributed by atoms with Crippen LogP contribution in [0.25, 0.3) is 0 Å². The number of nitrogens with zero attached hydrogens (tertiary/aromatic N) is 4. The third-order valence-corrected chi connectivity index (χ3v) is 2.91. The highest BCUT2D eigenvalue weighted by Crippen LogP contribution is 2.22. The molecule has 1 amide bonds. The van der Waals surface area contributed by atoms with Crippen molar-refractivity contribution < 1.29 is 14.6 Å². The number of rotatable bonds is 2. The molecule has 0 saturated carbocycles. The SMILES string of the molecule is CC(C)(C)OC(=O)N1CC[C@H](n2cc(CO)nn2)C1. The molecule has 0 spiro atoms. The molecule has 0 unspecified atom stereocenters. The monoisotopic (exact) mass is 268 g/mol. The van der Waals surface area contributed by atoms with Crippen molar-refractivity contribution in [2.24, 2.45) is 0 Å². The highest BCUT2D eigenvalue weighted by molar-refractivity contribution is 5.68. The van der Waals surface area contributed by atoms with Gasteiger partial charge in [0, 0.05) is 13.1 Å². The van der Waals surface area contributed by atoms with Crippen molar-refractivity contribution in [2.75, 3.05) is 13.1 Å². The predicted molar refractivity (Wildman–Crippen MR) is 67.4 cm³/mol. The molecule has 1 fully saturated rings. The van der Waals surface area contributed by atoms with Crippen LogP contribution in [0.5, 0.6) is 0 Å². The topological polar surface area (TPSA) is 80.5 Å². The summed E-state index contributed by atoms with van der Waals surface area (Å²) in [5, 5.41) is 16.8. The van der Waals surface area contributed by atoms with E-state index in [1.807, 2.05) is 20.8 Å². The molecule has 0 bridgehead atoms. The minimum absolute atomic E-state index is 0.0975. The van der Waals surface area contributed by atoms with Crippen LogP contribution in [0.3, 0.4) is 0 Å². The van der Waals surface area contributed by atoms with E-state index in [1.54, 1.807) is 15.8 Å². The fraction of sp³-hybridized carbons (Fsp3) is 0.750. The van der Waals surface area contributed by atoms with Gasteiger partial charge in [-0.15, -0.1) is 5.10 Å². The van der Waals surface area contributed by atoms with E-state index in [0.717, 1.165) is 6.42 Å². The number of aliphatic hydroxyl groups is 1. The third kappa shape index (κ3) is 3.44. The van der Waals surface area contributed by atoms with Crippen LogP contribution in [0, 0.1) is 0 Å². The number of carbonyl (C=O) groups excluding carboxylic acids is 1. The summed E-state index contributed by atoms with van der Waals surface area (Å²) in [6.45, 7) is 6.63. The number of carbonyl (C=O) groups is 1. The average molecular weight is 268 g/mol. The van der Waals surface area contributed by atoms with Gasteiger partial charge in [0.2, 0.25) is 0 Å². The van der Waals surface area contributed by atoms with E-state index in [1.165, 1.54) is 0 Å². The molecule has 7 nitrogen and oxygen atoms in total. The molecule has 1 aliphatic heterocycles. The molecule has 1 atom stereocenters. The lowest BCUT2D eigenvalue weighted by Gasteiger charge is -2.24. The fourth-order valence-corrected chi connectivity index (χ4v) is 2.01. The van der Waals surface area contributed by atoms with E-state index >= 15 is 0 Å². The summed E-state index contributed by atoms with van der Waals surface area (Å²) in [5.74, 6) is 0. The van der Waals surface area contributed by atoms with E-state index in [0.29, 0.717) is 18.8 Å². The van der Waals surface area contributed by atoms with Crippen molar-refractivity contribution in [3.05, 3.63) is 11.9 Å². The van der Waals surface area contributed by atoms with Gasteiger partial charge in [-0.3, -0.25) is 0 Å². The first-order valence-electron chi connectivity index (χ1n) is 6.38. The standard InChI is InChI=1S/C12H20N4O3/c1-12(2,3)19-11(18)15-5-4-10(7-15)16-6-9(8-17)13-14-16/h6,10,17H,4-5,7-8H2,1-3H3/t10-/m0/s1. The molecule has 1 saturated heterocycles. The maximum Gasteiger partial charge on any atom is 0.410 e. The normalized spacial score (nSPS) is 19.8. The van der Waals surface area contributed by atoms with Crippen molar-refractivity contribution in [1.29, 1.82) is 0 Å². The Bertz CT molecular complexity index is 452. The van der Waals surface area contributed by atoms with E-state index in [9.17, 15) is 4.79 Å². The molecule has 7 heteroatoms. The van der Waals surface area contributed by atoms with Gasteiger partial charge in [-0.2, -0.15) is 0 Å². The summed E-state index contributed by atoms with van der Waals surface area (Å²) >= 11 is 0. The van der Waals surface area contributed by atoms with Gasteiger partial charge in [0.25, 0.3) is 0 Å². The summed E-state index contributed by atoms with van der Waals surface area (Å²) in [4.78, 5) is 13.6. The summed E-state index contributed by atoms with van der Waals surface area (Å²) < 4.78 is 7.04. The van der Waals surface area contributed by atoms with Crippen LogP contribution in [0.2, 0.25) is 0 Å². The van der Waals surface area contributed by atoms with Crippen molar-refractivity contribution in [2.45, 2.75) is 45.4 Å². The Labute approximate surface area is 112 Å². The Hall–Kier alpha value is -1.63. The van der Waals surface area contributed by atoms with Gasteiger partial charge in [0.15, 0.2) is 0 Å². The molecule has 0 aromatic carbocycles. The lowest BCUT2D eigenvalue weighted by molar-refractivity contribution is 0.0288. The Kier molecular flexibility index (Phi) is 3.75. The summed E-state index contributed by atoms with van der Waals surface area (Å²) in [6.07, 6.45) is 2.23. The van der Waals surface area contributed by atoms with Gasteiger partial charge in [-0.05, 0) is 27.2 Å². The van der Waals surface area contributed by atoms with Crippen molar-refractivity contribution in [1.82, 2.24) is 19.9 Å². The van der Waals surface area contributed by atoms with Gasteiger partial charge < -0.3 is 14.7 Å². The number of amides is 1. The fourth-order valence-electron chi connectivity index (χ4n) is 2.01. The second-order valence-electron chi connectivity index (χ2n) is 5.72. The number of hydrogen-bond acceptors (Lipinski definition) is 5. The Morgan fingerprint density at radius 2 is 2.32 bits per heavy atom. The van der Waals surface area contributed by atoms with E-state index in [4.69, 9.17) is 9.84 Å². The van der Waals surface area contributed by atoms with Gasteiger partial charge in [-0.1, -0.05) is 5.21 Å². The van der Waals surface area contributed by atoms with E-state index in [2.05, 4.69) is 10.3 Å². The third-order valence-electron chi connectivity index (χ3n) is 2.91. The number of hydrogen-bond donors (Lipinski definition) is 1. The van der Waals surface area contributed by atoms with Crippen LogP contribution in [0.15, 0.2) is 6.20 Å². The van der Waals surface area contributed by atoms with Gasteiger partial charge in [0.1, 0.15) is 11.3 Å². The number of aromatic nitrogens is 3. The number of ether oxygens (including phenoxy) is 1. The maximum atomic E-state index is 11.9. The van der Waals surface area contributed by atoms with Crippen LogP contribution in [-0.2, 0) is 11.3 Å². The predicted octanol–water partition coefficient (Wildman–Crippen LogP) is 0.952. The molecule has 2 rings (SSSR count). The summed E-state index contributed by atoms with van der Waals surface area (Å²) in [7, 11) is 0. The zero-order chi connectivity index (χ0) is 14.0. The van der Waals surface area contributed by atoms with Crippen molar-refractivity contribution >= 4 is 6.09 Å². The molecule has 106 valence electrons. The zero-order valence-corrected chi connectivity index (χ0v) is 11.5. The molecule has 1 N–H and O–H groups in total. The van der Waals surface area contributed by atoms with Gasteiger partial charge >= 0.3 is 6.09 Å². The molecule has 1 aromatic heterocycles. The molecular formula is C12H20N4O3. The number of likely N-dealkylation sites (tertiary alicyclic amines) is 1. The molecule has 0 aliphatic carbocycles. The van der Waals surface area contributed by atoms with Gasteiger partial charge in [0.05, 0.1) is 18.8 Å². The second-order valence-corrected chi connectivity index (χ2v) is 5.72. The molecule has 1 aliphatic rings. The smallest absolute Gasteiger partial charge is 0.410 e. The van der Waals surface area contributed by atoms with Crippen LogP contribution >= 0.6 is 0 Å². The van der Waals surface area contributed by atoms with Crippen molar-refractivity contribution in [3.8, 4) is 0 Å². The first-order chi connectivity index (χ1) is 8.89. The molecule has 19 heavy (non-hydrogen) atoms. The minimum atomic E-state index is -0.480. The van der Waals surface area contributed by atoms with E-state index in [-0.39, 0.29) is 18.7 Å². The lowest BCUT2D eigenvalue weighted by atomic mass is 10.2. The van der Waals surface area contributed by atoms with Gasteiger partial charge in [-0.25, -0.2) is 9.48 Å². The Morgan fingerprint density at radius 3 is 2.89 bits per heavy atom. The first kappa shape index (κ1) is 13.8. The lowest BCUT2D eigenvalue weighted by Crippen LogP contribution is -2.35. The largest absolute Gasteiger partial charge is 0.444 e. The average Bonchev–Trinajstić information content (AvgIpc) is 2.95. The molecule has 1 aromatic rings. The van der Waals surface area contributed by atoms with Crippen LogP contribution in [0.4, 0.5) is 4.79 Å². The zero-order valence-electron chi connectivity index (χ0n) is 11.5. The minimum Gasteiger partial charge on any atom is -0.444 e.